The molecule has 0 aliphatic carbocycles. The number of benzene rings is 1. The molecular formula is C27H36N4O3S. The maximum absolute atomic E-state index is 11.3. The number of carboxylic acids is 1. The van der Waals surface area contributed by atoms with Crippen molar-refractivity contribution in [2.24, 2.45) is 18.9 Å². The van der Waals surface area contributed by atoms with Gasteiger partial charge >= 0.3 is 5.97 Å². The van der Waals surface area contributed by atoms with E-state index in [9.17, 15) is 9.90 Å². The van der Waals surface area contributed by atoms with Crippen LogP contribution in [0.5, 0.6) is 5.75 Å². The van der Waals surface area contributed by atoms with Gasteiger partial charge in [-0.15, -0.1) is 0 Å². The van der Waals surface area contributed by atoms with Crippen molar-refractivity contribution in [2.75, 3.05) is 32.5 Å². The van der Waals surface area contributed by atoms with E-state index in [2.05, 4.69) is 31.6 Å². The fourth-order valence-corrected chi connectivity index (χ4v) is 6.15. The summed E-state index contributed by atoms with van der Waals surface area (Å²) >= 11 is 1.78. The van der Waals surface area contributed by atoms with E-state index >= 15 is 0 Å². The fraction of sp³-hybridized carbons (Fsp3) is 0.519. The average molecular weight is 497 g/mol. The molecule has 1 saturated heterocycles. The van der Waals surface area contributed by atoms with Gasteiger partial charge in [0, 0.05) is 56.3 Å². The molecule has 0 saturated carbocycles. The highest BCUT2D eigenvalue weighted by atomic mass is 32.2. The monoisotopic (exact) mass is 496 g/mol. The average Bonchev–Trinajstić information content (AvgIpc) is 3.28. The molecule has 2 aromatic heterocycles. The minimum absolute atomic E-state index is 0.256. The number of thioether (sulfide) groups is 1. The molecule has 1 aliphatic heterocycles. The molecule has 0 unspecified atom stereocenters. The molecule has 3 aromatic rings. The van der Waals surface area contributed by atoms with Crippen molar-refractivity contribution in [2.45, 2.75) is 43.7 Å². The molecule has 0 bridgehead atoms. The Morgan fingerprint density at radius 3 is 2.86 bits per heavy atom. The van der Waals surface area contributed by atoms with Crippen LogP contribution in [0.15, 0.2) is 48.0 Å². The summed E-state index contributed by atoms with van der Waals surface area (Å²) in [6.07, 6.45) is 11.1. The number of carbonyl (C=O) groups is 1. The summed E-state index contributed by atoms with van der Waals surface area (Å²) in [4.78, 5) is 22.7. The van der Waals surface area contributed by atoms with Gasteiger partial charge in [0.1, 0.15) is 5.75 Å². The first kappa shape index (κ1) is 25.5. The molecule has 7 nitrogen and oxygen atoms in total. The molecule has 1 aromatic carbocycles. The Hall–Kier alpha value is -2.58. The summed E-state index contributed by atoms with van der Waals surface area (Å²) in [5.74, 6) is 2.18. The number of rotatable bonds is 12. The van der Waals surface area contributed by atoms with Gasteiger partial charge in [0.25, 0.3) is 0 Å². The summed E-state index contributed by atoms with van der Waals surface area (Å²) in [5, 5.41) is 11.5. The number of hydrogen-bond acceptors (Lipinski definition) is 6. The maximum Gasteiger partial charge on any atom is 0.303 e. The maximum atomic E-state index is 11.3. The van der Waals surface area contributed by atoms with E-state index in [1.165, 1.54) is 5.56 Å². The van der Waals surface area contributed by atoms with Gasteiger partial charge in [0.15, 0.2) is 5.16 Å². The topological polar surface area (TPSA) is 80.5 Å². The zero-order chi connectivity index (χ0) is 24.6. The lowest BCUT2D eigenvalue weighted by atomic mass is 9.79. The third-order valence-electron chi connectivity index (χ3n) is 7.18. The van der Waals surface area contributed by atoms with Crippen LogP contribution >= 0.6 is 11.8 Å². The number of likely N-dealkylation sites (tertiary alicyclic amines) is 1. The highest BCUT2D eigenvalue weighted by Gasteiger charge is 2.29. The van der Waals surface area contributed by atoms with E-state index in [4.69, 9.17) is 4.74 Å². The van der Waals surface area contributed by atoms with Crippen molar-refractivity contribution in [3.05, 3.63) is 48.4 Å². The lowest BCUT2D eigenvalue weighted by Crippen LogP contribution is -2.41. The van der Waals surface area contributed by atoms with Crippen LogP contribution in [-0.4, -0.2) is 63.0 Å². The van der Waals surface area contributed by atoms with Crippen LogP contribution in [0.25, 0.3) is 10.9 Å². The van der Waals surface area contributed by atoms with Gasteiger partial charge in [-0.05, 0) is 80.3 Å². The highest BCUT2D eigenvalue weighted by Crippen LogP contribution is 2.32. The number of hydrogen-bond donors (Lipinski definition) is 1. The van der Waals surface area contributed by atoms with Gasteiger partial charge in [0.05, 0.1) is 12.6 Å². The largest absolute Gasteiger partial charge is 0.497 e. The Balaban J connectivity index is 1.32. The van der Waals surface area contributed by atoms with E-state index in [0.717, 1.165) is 79.3 Å². The smallest absolute Gasteiger partial charge is 0.303 e. The van der Waals surface area contributed by atoms with Crippen molar-refractivity contribution < 1.29 is 14.6 Å². The number of ether oxygens (including phenoxy) is 1. The van der Waals surface area contributed by atoms with Crippen molar-refractivity contribution >= 4 is 28.6 Å². The second-order valence-corrected chi connectivity index (χ2v) is 10.5. The van der Waals surface area contributed by atoms with Gasteiger partial charge < -0.3 is 19.3 Å². The molecule has 0 radical (unpaired) electrons. The molecule has 35 heavy (non-hydrogen) atoms. The molecule has 3 heterocycles. The number of fused-ring (bicyclic) bond motifs is 1. The van der Waals surface area contributed by atoms with Crippen LogP contribution in [0.3, 0.4) is 0 Å². The summed E-state index contributed by atoms with van der Waals surface area (Å²) in [6.45, 7) is 3.10. The minimum atomic E-state index is -0.691. The number of imidazole rings is 1. The quantitative estimate of drug-likeness (QED) is 0.357. The Morgan fingerprint density at radius 2 is 2.09 bits per heavy atom. The summed E-state index contributed by atoms with van der Waals surface area (Å²) < 4.78 is 7.47. The van der Waals surface area contributed by atoms with Crippen molar-refractivity contribution in [1.29, 1.82) is 0 Å². The Morgan fingerprint density at radius 1 is 1.20 bits per heavy atom. The normalized spacial score (nSPS) is 18.7. The zero-order valence-corrected chi connectivity index (χ0v) is 21.5. The fourth-order valence-electron chi connectivity index (χ4n) is 5.21. The number of aliphatic carboxylic acids is 1. The highest BCUT2D eigenvalue weighted by molar-refractivity contribution is 7.99. The molecule has 8 heteroatoms. The van der Waals surface area contributed by atoms with Crippen molar-refractivity contribution in [1.82, 2.24) is 19.4 Å². The van der Waals surface area contributed by atoms with Gasteiger partial charge in [-0.25, -0.2) is 4.98 Å². The van der Waals surface area contributed by atoms with Crippen LogP contribution < -0.4 is 4.74 Å². The summed E-state index contributed by atoms with van der Waals surface area (Å²) in [6, 6.07) is 8.16. The van der Waals surface area contributed by atoms with Gasteiger partial charge in [-0.3, -0.25) is 9.78 Å². The van der Waals surface area contributed by atoms with Gasteiger partial charge in [-0.2, -0.15) is 0 Å². The van der Waals surface area contributed by atoms with Crippen LogP contribution in [0, 0.1) is 11.8 Å². The molecular weight excluding hydrogens is 460 g/mol. The SMILES string of the molecule is COc1ccc2nccc(CCC[C@@H]3CCN(CCSc4nccn4C)C[C@@H]3CCC(=O)O)c2c1. The van der Waals surface area contributed by atoms with Crippen molar-refractivity contribution in [3.63, 3.8) is 0 Å². The Kier molecular flexibility index (Phi) is 9.04. The molecule has 0 amide bonds. The number of nitrogens with zero attached hydrogens (tertiary/aromatic N) is 4. The van der Waals surface area contributed by atoms with Crippen LogP contribution in [-0.2, 0) is 18.3 Å². The first-order chi connectivity index (χ1) is 17.0. The zero-order valence-electron chi connectivity index (χ0n) is 20.7. The van der Waals surface area contributed by atoms with Gasteiger partial charge in [0.2, 0.25) is 0 Å². The predicted octanol–water partition coefficient (Wildman–Crippen LogP) is 4.89. The van der Waals surface area contributed by atoms with E-state index < -0.39 is 5.97 Å². The van der Waals surface area contributed by atoms with E-state index in [1.54, 1.807) is 18.9 Å². The second-order valence-electron chi connectivity index (χ2n) is 9.46. The number of aryl methyl sites for hydroxylation is 2. The lowest BCUT2D eigenvalue weighted by Gasteiger charge is -2.39. The molecule has 0 spiro atoms. The molecule has 4 rings (SSSR count). The van der Waals surface area contributed by atoms with Gasteiger partial charge in [-0.1, -0.05) is 11.8 Å². The standard InChI is InChI=1S/C27H36N4O3S/c1-30-15-13-29-27(30)35-17-16-31-14-11-20(22(19-31)6-9-26(32)33)4-3-5-21-10-12-28-25-8-7-23(34-2)18-24(21)25/h7-8,10,12-13,15,18,20,22H,3-6,9,11,14,16-17,19H2,1-2H3,(H,32,33)/t20-,22+/m1/s1. The Labute approximate surface area is 211 Å². The number of methoxy groups -OCH3 is 1. The van der Waals surface area contributed by atoms with E-state index in [0.29, 0.717) is 11.8 Å². The van der Waals surface area contributed by atoms with Crippen molar-refractivity contribution in [3.8, 4) is 5.75 Å². The molecule has 188 valence electrons. The summed E-state index contributed by atoms with van der Waals surface area (Å²) in [7, 11) is 3.71. The Bertz CT molecular complexity index is 1120. The number of aromatic nitrogens is 3. The summed E-state index contributed by atoms with van der Waals surface area (Å²) in [5.41, 5.74) is 2.30. The molecule has 1 N–H and O–H groups in total. The second kappa shape index (κ2) is 12.4. The van der Waals surface area contributed by atoms with Crippen LogP contribution in [0.1, 0.15) is 37.7 Å². The van der Waals surface area contributed by atoms with Crippen LogP contribution in [0.2, 0.25) is 0 Å². The molecule has 2 atom stereocenters. The predicted molar refractivity (Wildman–Crippen MR) is 140 cm³/mol. The number of piperidine rings is 1. The number of carboxylic acid groups (broad SMARTS) is 1. The third-order valence-corrected chi connectivity index (χ3v) is 8.22. The third kappa shape index (κ3) is 6.98. The molecule has 1 aliphatic rings. The first-order valence-electron chi connectivity index (χ1n) is 12.5. The minimum Gasteiger partial charge on any atom is -0.497 e. The van der Waals surface area contributed by atoms with E-state index in [1.807, 2.05) is 37.8 Å². The number of pyridine rings is 1. The van der Waals surface area contributed by atoms with E-state index in [-0.39, 0.29) is 6.42 Å². The first-order valence-corrected chi connectivity index (χ1v) is 13.5. The van der Waals surface area contributed by atoms with Crippen LogP contribution in [0.4, 0.5) is 0 Å². The lowest BCUT2D eigenvalue weighted by molar-refractivity contribution is -0.137. The molecule has 1 fully saturated rings.